The lowest BCUT2D eigenvalue weighted by Crippen LogP contribution is -2.39. The van der Waals surface area contributed by atoms with Crippen LogP contribution in [0.25, 0.3) is 10.8 Å². The number of ketones is 1. The van der Waals surface area contributed by atoms with E-state index in [0.717, 1.165) is 50.8 Å². The minimum atomic E-state index is -0.570. The fourth-order valence-corrected chi connectivity index (χ4v) is 6.15. The van der Waals surface area contributed by atoms with Gasteiger partial charge in [0.15, 0.2) is 5.78 Å². The van der Waals surface area contributed by atoms with Gasteiger partial charge in [0, 0.05) is 23.1 Å². The molecule has 1 heterocycles. The molecule has 0 saturated carbocycles. The molecular weight excluding hydrogens is 513 g/mol. The normalized spacial score (nSPS) is 17.1. The van der Waals surface area contributed by atoms with Crippen molar-refractivity contribution in [2.45, 2.75) is 45.6 Å². The Labute approximate surface area is 239 Å². The van der Waals surface area contributed by atoms with E-state index in [1.54, 1.807) is 12.1 Å². The molecule has 6 heteroatoms. The summed E-state index contributed by atoms with van der Waals surface area (Å²) in [6, 6.07) is 26.5. The number of Topliss-reactive ketones (excluding diaryl/α,β-unsaturated/α-hetero) is 1. The molecule has 2 aliphatic rings. The molecule has 1 unspecified atom stereocenters. The number of allylic oxidation sites excluding steroid dienone is 3. The third-order valence-electron chi connectivity index (χ3n) is 8.16. The van der Waals surface area contributed by atoms with Crippen molar-refractivity contribution in [3.63, 3.8) is 0 Å². The zero-order chi connectivity index (χ0) is 28.7. The molecule has 0 saturated heterocycles. The Morgan fingerprint density at radius 3 is 2.54 bits per heavy atom. The number of hydrogen-bond donors (Lipinski definition) is 1. The van der Waals surface area contributed by atoms with E-state index in [9.17, 15) is 14.4 Å². The van der Waals surface area contributed by atoms with Gasteiger partial charge < -0.3 is 10.5 Å². The van der Waals surface area contributed by atoms with E-state index >= 15 is 0 Å². The van der Waals surface area contributed by atoms with Gasteiger partial charge in [0.05, 0.1) is 23.2 Å². The number of hydrogen-bond acceptors (Lipinski definition) is 5. The number of rotatable bonds is 5. The van der Waals surface area contributed by atoms with Crippen LogP contribution in [-0.4, -0.2) is 5.78 Å². The summed E-state index contributed by atoms with van der Waals surface area (Å²) in [4.78, 5) is 15.6. The van der Waals surface area contributed by atoms with Gasteiger partial charge >= 0.3 is 0 Å². The lowest BCUT2D eigenvalue weighted by molar-refractivity contribution is -0.116. The van der Waals surface area contributed by atoms with Crippen LogP contribution in [0.5, 0.6) is 5.75 Å². The predicted molar refractivity (Wildman–Crippen MR) is 159 cm³/mol. The summed E-state index contributed by atoms with van der Waals surface area (Å²) in [5, 5.41) is 12.6. The Morgan fingerprint density at radius 1 is 1.00 bits per heavy atom. The number of carbonyl (C=O) groups is 1. The number of ether oxygens (including phenoxy) is 1. The molecule has 0 amide bonds. The molecule has 0 bridgehead atoms. The van der Waals surface area contributed by atoms with E-state index in [2.05, 4.69) is 12.1 Å². The number of benzene rings is 4. The van der Waals surface area contributed by atoms with E-state index in [0.29, 0.717) is 35.6 Å². The zero-order valence-electron chi connectivity index (χ0n) is 23.1. The number of fused-ring (bicyclic) bond motifs is 1. The minimum Gasteiger partial charge on any atom is -0.489 e. The molecule has 5 nitrogen and oxygen atoms in total. The van der Waals surface area contributed by atoms with Gasteiger partial charge in [-0.3, -0.25) is 9.69 Å². The van der Waals surface area contributed by atoms with Crippen LogP contribution in [0.15, 0.2) is 102 Å². The van der Waals surface area contributed by atoms with Gasteiger partial charge in [-0.15, -0.1) is 0 Å². The van der Waals surface area contributed by atoms with E-state index in [1.165, 1.54) is 12.1 Å². The van der Waals surface area contributed by atoms with Crippen molar-refractivity contribution in [1.82, 2.24) is 0 Å². The number of nitriles is 1. The molecule has 41 heavy (non-hydrogen) atoms. The molecule has 1 atom stereocenters. The Balaban J connectivity index is 1.49. The van der Waals surface area contributed by atoms with Crippen LogP contribution in [0, 0.1) is 31.0 Å². The minimum absolute atomic E-state index is 0.0471. The number of anilines is 1. The molecule has 0 fully saturated rings. The van der Waals surface area contributed by atoms with Crippen LogP contribution in [-0.2, 0) is 11.4 Å². The first-order valence-electron chi connectivity index (χ1n) is 13.8. The van der Waals surface area contributed by atoms with Gasteiger partial charge in [0.25, 0.3) is 0 Å². The molecular formula is C35H30FN3O2. The van der Waals surface area contributed by atoms with E-state index in [1.807, 2.05) is 67.3 Å². The summed E-state index contributed by atoms with van der Waals surface area (Å²) in [6.45, 7) is 4.28. The van der Waals surface area contributed by atoms with E-state index < -0.39 is 5.92 Å². The number of carbonyl (C=O) groups excluding carboxylic acids is 1. The van der Waals surface area contributed by atoms with Crippen molar-refractivity contribution in [1.29, 1.82) is 5.26 Å². The molecule has 0 radical (unpaired) electrons. The summed E-state index contributed by atoms with van der Waals surface area (Å²) in [5.41, 5.74) is 13.4. The van der Waals surface area contributed by atoms with Crippen LogP contribution in [0.4, 0.5) is 10.1 Å². The van der Waals surface area contributed by atoms with Gasteiger partial charge in [-0.05, 0) is 84.7 Å². The third-order valence-corrected chi connectivity index (χ3v) is 8.16. The molecule has 0 aromatic heterocycles. The lowest BCUT2D eigenvalue weighted by atomic mass is 9.74. The first-order chi connectivity index (χ1) is 19.9. The molecule has 6 rings (SSSR count). The standard InChI is InChI=1S/C35H30FN3O2/c1-21-17-22(2)28(18-24(21)20-41-26-15-13-25(36)14-16-26)33-29(19-37)35(38)39(31-11-6-12-32(40)34(31)33)30-10-5-8-23-7-3-4-9-27(23)30/h3-5,7-10,13-18,33H,6,11-12,20,38H2,1-2H3. The number of nitrogens with zero attached hydrogens (tertiary/aromatic N) is 2. The highest BCUT2D eigenvalue weighted by molar-refractivity contribution is 6.03. The summed E-state index contributed by atoms with van der Waals surface area (Å²) < 4.78 is 19.3. The molecule has 4 aromatic carbocycles. The fraction of sp³-hybridized carbons (Fsp3) is 0.200. The highest BCUT2D eigenvalue weighted by Gasteiger charge is 2.41. The molecule has 204 valence electrons. The maximum absolute atomic E-state index is 13.7. The van der Waals surface area contributed by atoms with Crippen molar-refractivity contribution in [3.05, 3.63) is 130 Å². The maximum Gasteiger partial charge on any atom is 0.161 e. The van der Waals surface area contributed by atoms with Gasteiger partial charge in [-0.1, -0.05) is 48.5 Å². The highest BCUT2D eigenvalue weighted by Crippen LogP contribution is 2.48. The van der Waals surface area contributed by atoms with Crippen LogP contribution >= 0.6 is 0 Å². The second-order valence-electron chi connectivity index (χ2n) is 10.7. The van der Waals surface area contributed by atoms with E-state index in [4.69, 9.17) is 10.5 Å². The summed E-state index contributed by atoms with van der Waals surface area (Å²) in [6.07, 6.45) is 1.85. The summed E-state index contributed by atoms with van der Waals surface area (Å²) in [5.74, 6) is 0.0673. The topological polar surface area (TPSA) is 79.4 Å². The molecule has 4 aromatic rings. The zero-order valence-corrected chi connectivity index (χ0v) is 23.1. The monoisotopic (exact) mass is 543 g/mol. The summed E-state index contributed by atoms with van der Waals surface area (Å²) in [7, 11) is 0. The lowest BCUT2D eigenvalue weighted by Gasteiger charge is -2.40. The summed E-state index contributed by atoms with van der Waals surface area (Å²) >= 11 is 0. The van der Waals surface area contributed by atoms with Gasteiger partial charge in [-0.2, -0.15) is 5.26 Å². The smallest absolute Gasteiger partial charge is 0.161 e. The van der Waals surface area contributed by atoms with Crippen LogP contribution in [0.2, 0.25) is 0 Å². The van der Waals surface area contributed by atoms with Crippen molar-refractivity contribution >= 4 is 22.2 Å². The van der Waals surface area contributed by atoms with Gasteiger partial charge in [-0.25, -0.2) is 4.39 Å². The Morgan fingerprint density at radius 2 is 1.76 bits per heavy atom. The first-order valence-corrected chi connectivity index (χ1v) is 13.8. The second-order valence-corrected chi connectivity index (χ2v) is 10.7. The van der Waals surface area contributed by atoms with Crippen molar-refractivity contribution in [2.24, 2.45) is 5.73 Å². The fourth-order valence-electron chi connectivity index (χ4n) is 6.15. The Kier molecular flexibility index (Phi) is 6.80. The van der Waals surface area contributed by atoms with Crippen LogP contribution in [0.1, 0.15) is 47.4 Å². The van der Waals surface area contributed by atoms with Crippen LogP contribution < -0.4 is 15.4 Å². The number of aryl methyl sites for hydroxylation is 2. The largest absolute Gasteiger partial charge is 0.489 e. The molecule has 1 aliphatic carbocycles. The van der Waals surface area contributed by atoms with Crippen LogP contribution in [0.3, 0.4) is 0 Å². The van der Waals surface area contributed by atoms with E-state index in [-0.39, 0.29) is 18.2 Å². The molecule has 0 spiro atoms. The first kappa shape index (κ1) is 26.3. The van der Waals surface area contributed by atoms with Crippen molar-refractivity contribution in [2.75, 3.05) is 4.90 Å². The Bertz CT molecular complexity index is 1790. The van der Waals surface area contributed by atoms with Crippen molar-refractivity contribution in [3.8, 4) is 11.8 Å². The van der Waals surface area contributed by atoms with Crippen molar-refractivity contribution < 1.29 is 13.9 Å². The number of nitrogens with two attached hydrogens (primary N) is 1. The molecule has 1 aliphatic heterocycles. The molecule has 2 N–H and O–H groups in total. The average molecular weight is 544 g/mol. The maximum atomic E-state index is 13.7. The third kappa shape index (κ3) is 4.64. The quantitative estimate of drug-likeness (QED) is 0.282. The van der Waals surface area contributed by atoms with Gasteiger partial charge in [0.2, 0.25) is 0 Å². The second kappa shape index (κ2) is 10.6. The highest BCUT2D eigenvalue weighted by atomic mass is 19.1. The number of halogens is 1. The predicted octanol–water partition coefficient (Wildman–Crippen LogP) is 7.48. The SMILES string of the molecule is Cc1cc(C)c(C2C(C#N)=C(N)N(c3cccc4ccccc34)C3=C2C(=O)CCC3)cc1COc1ccc(F)cc1. The Hall–Kier alpha value is -4.89. The van der Waals surface area contributed by atoms with Gasteiger partial charge in [0.1, 0.15) is 24.0 Å². The average Bonchev–Trinajstić information content (AvgIpc) is 2.97.